The van der Waals surface area contributed by atoms with E-state index in [1.807, 2.05) is 24.3 Å². The maximum Gasteiger partial charge on any atom is 0.257 e. The molecule has 0 aliphatic carbocycles. The van der Waals surface area contributed by atoms with Crippen LogP contribution in [0.2, 0.25) is 0 Å². The molecule has 0 bridgehead atoms. The van der Waals surface area contributed by atoms with Crippen LogP contribution in [0, 0.1) is 0 Å². The standard InChI is InChI=1S/C18H19N5O4/c1-27-15-5-3-2-4-13(15)23-10-12(8-20-23)18(26)21-6-7-22-14(11-21)17(25)19-9-16(22)24/h2-5,8,10,14H,6-7,9,11H2,1H3,(H,19,25). The second-order valence-corrected chi connectivity index (χ2v) is 6.42. The SMILES string of the molecule is COc1ccccc1-n1cc(C(=O)N2CCN3C(=O)CNC(=O)C3C2)cn1. The predicted octanol–water partition coefficient (Wildman–Crippen LogP) is -0.336. The van der Waals surface area contributed by atoms with E-state index < -0.39 is 6.04 Å². The molecule has 1 unspecified atom stereocenters. The van der Waals surface area contributed by atoms with Gasteiger partial charge in [0, 0.05) is 19.3 Å². The number of piperazine rings is 2. The quantitative estimate of drug-likeness (QED) is 0.799. The van der Waals surface area contributed by atoms with Gasteiger partial charge in [0.15, 0.2) is 0 Å². The maximum atomic E-state index is 12.9. The van der Waals surface area contributed by atoms with Gasteiger partial charge in [-0.25, -0.2) is 4.68 Å². The molecule has 1 N–H and O–H groups in total. The van der Waals surface area contributed by atoms with Crippen LogP contribution in [0.5, 0.6) is 5.75 Å². The van der Waals surface area contributed by atoms with Crippen LogP contribution >= 0.6 is 0 Å². The Morgan fingerprint density at radius 2 is 2.07 bits per heavy atom. The van der Waals surface area contributed by atoms with Crippen molar-refractivity contribution >= 4 is 17.7 Å². The average molecular weight is 369 g/mol. The number of para-hydroxylation sites is 2. The maximum absolute atomic E-state index is 12.9. The topological polar surface area (TPSA) is 96.8 Å². The van der Waals surface area contributed by atoms with E-state index in [4.69, 9.17) is 4.74 Å². The van der Waals surface area contributed by atoms with Gasteiger partial charge in [0.05, 0.1) is 32.0 Å². The number of hydrogen-bond acceptors (Lipinski definition) is 5. The van der Waals surface area contributed by atoms with Crippen molar-refractivity contribution in [2.45, 2.75) is 6.04 Å². The summed E-state index contributed by atoms with van der Waals surface area (Å²) >= 11 is 0. The van der Waals surface area contributed by atoms with Crippen molar-refractivity contribution in [3.8, 4) is 11.4 Å². The Bertz CT molecular complexity index is 909. The smallest absolute Gasteiger partial charge is 0.257 e. The predicted molar refractivity (Wildman–Crippen MR) is 94.5 cm³/mol. The van der Waals surface area contributed by atoms with Gasteiger partial charge in [0.25, 0.3) is 5.91 Å². The summed E-state index contributed by atoms with van der Waals surface area (Å²) in [7, 11) is 1.57. The molecule has 0 saturated carbocycles. The zero-order chi connectivity index (χ0) is 19.0. The number of nitrogens with zero attached hydrogens (tertiary/aromatic N) is 4. The molecule has 1 aromatic heterocycles. The number of rotatable bonds is 3. The van der Waals surface area contributed by atoms with Crippen LogP contribution in [0.25, 0.3) is 5.69 Å². The van der Waals surface area contributed by atoms with Crippen molar-refractivity contribution in [2.75, 3.05) is 33.3 Å². The number of ether oxygens (including phenoxy) is 1. The van der Waals surface area contributed by atoms with E-state index in [0.29, 0.717) is 24.4 Å². The fourth-order valence-electron chi connectivity index (χ4n) is 3.44. The number of hydrogen-bond donors (Lipinski definition) is 1. The molecule has 0 radical (unpaired) electrons. The third-order valence-corrected chi connectivity index (χ3v) is 4.87. The third kappa shape index (κ3) is 3.01. The molecule has 3 heterocycles. The van der Waals surface area contributed by atoms with Crippen molar-refractivity contribution in [3.05, 3.63) is 42.2 Å². The minimum atomic E-state index is -0.631. The molecule has 27 heavy (non-hydrogen) atoms. The molecule has 4 rings (SSSR count). The lowest BCUT2D eigenvalue weighted by molar-refractivity contribution is -0.148. The van der Waals surface area contributed by atoms with Crippen LogP contribution in [0.3, 0.4) is 0 Å². The van der Waals surface area contributed by atoms with Gasteiger partial charge >= 0.3 is 0 Å². The molecule has 140 valence electrons. The van der Waals surface area contributed by atoms with Crippen molar-refractivity contribution < 1.29 is 19.1 Å². The summed E-state index contributed by atoms with van der Waals surface area (Å²) < 4.78 is 6.91. The molecule has 2 fully saturated rings. The van der Waals surface area contributed by atoms with Gasteiger partial charge in [-0.05, 0) is 12.1 Å². The van der Waals surface area contributed by atoms with Crippen LogP contribution in [-0.4, -0.2) is 76.6 Å². The second-order valence-electron chi connectivity index (χ2n) is 6.42. The van der Waals surface area contributed by atoms with Gasteiger partial charge in [-0.15, -0.1) is 0 Å². The number of fused-ring (bicyclic) bond motifs is 1. The lowest BCUT2D eigenvalue weighted by Gasteiger charge is -2.42. The lowest BCUT2D eigenvalue weighted by atomic mass is 10.1. The largest absolute Gasteiger partial charge is 0.494 e. The van der Waals surface area contributed by atoms with Crippen LogP contribution in [0.1, 0.15) is 10.4 Å². The number of carbonyl (C=O) groups is 3. The highest BCUT2D eigenvalue weighted by Crippen LogP contribution is 2.22. The third-order valence-electron chi connectivity index (χ3n) is 4.87. The molecule has 2 aromatic rings. The van der Waals surface area contributed by atoms with E-state index >= 15 is 0 Å². The summed E-state index contributed by atoms with van der Waals surface area (Å²) in [6, 6.07) is 6.74. The summed E-state index contributed by atoms with van der Waals surface area (Å²) in [6.07, 6.45) is 3.13. The van der Waals surface area contributed by atoms with E-state index in [9.17, 15) is 14.4 Å². The second kappa shape index (κ2) is 6.75. The first-order chi connectivity index (χ1) is 13.1. The molecule has 9 nitrogen and oxygen atoms in total. The molecular formula is C18H19N5O4. The average Bonchev–Trinajstić information content (AvgIpc) is 3.20. The molecule has 1 aromatic carbocycles. The van der Waals surface area contributed by atoms with E-state index in [-0.39, 0.29) is 30.8 Å². The Hall–Kier alpha value is -3.36. The van der Waals surface area contributed by atoms with Gasteiger partial charge in [0.2, 0.25) is 11.8 Å². The molecule has 2 aliphatic rings. The zero-order valence-corrected chi connectivity index (χ0v) is 14.8. The van der Waals surface area contributed by atoms with Gasteiger partial charge in [0.1, 0.15) is 17.5 Å². The summed E-state index contributed by atoms with van der Waals surface area (Å²) in [5, 5.41) is 6.83. The summed E-state index contributed by atoms with van der Waals surface area (Å²) in [6.45, 7) is 0.933. The summed E-state index contributed by atoms with van der Waals surface area (Å²) in [4.78, 5) is 40.0. The Morgan fingerprint density at radius 3 is 2.89 bits per heavy atom. The number of aromatic nitrogens is 2. The molecule has 0 spiro atoms. The normalized spacial score (nSPS) is 19.5. The van der Waals surface area contributed by atoms with Gasteiger partial charge in [-0.1, -0.05) is 12.1 Å². The van der Waals surface area contributed by atoms with Gasteiger partial charge in [-0.2, -0.15) is 5.10 Å². The number of nitrogens with one attached hydrogen (secondary N) is 1. The van der Waals surface area contributed by atoms with Gasteiger partial charge < -0.3 is 19.9 Å². The first-order valence-electron chi connectivity index (χ1n) is 8.63. The van der Waals surface area contributed by atoms with Crippen molar-refractivity contribution in [1.82, 2.24) is 24.9 Å². The fraction of sp³-hybridized carbons (Fsp3) is 0.333. The molecule has 2 saturated heterocycles. The van der Waals surface area contributed by atoms with Crippen LogP contribution in [0.4, 0.5) is 0 Å². The van der Waals surface area contributed by atoms with Crippen LogP contribution in [-0.2, 0) is 9.59 Å². The molecule has 1 atom stereocenters. The van der Waals surface area contributed by atoms with Crippen LogP contribution in [0.15, 0.2) is 36.7 Å². The summed E-state index contributed by atoms with van der Waals surface area (Å²) in [5.41, 5.74) is 1.14. The highest BCUT2D eigenvalue weighted by atomic mass is 16.5. The van der Waals surface area contributed by atoms with Crippen molar-refractivity contribution in [1.29, 1.82) is 0 Å². The van der Waals surface area contributed by atoms with Crippen molar-refractivity contribution in [2.24, 2.45) is 0 Å². The summed E-state index contributed by atoms with van der Waals surface area (Å²) in [5.74, 6) is 0.0831. The number of carbonyl (C=O) groups excluding carboxylic acids is 3. The minimum absolute atomic E-state index is 0.0228. The number of benzene rings is 1. The first-order valence-corrected chi connectivity index (χ1v) is 8.63. The Labute approximate surface area is 155 Å². The lowest BCUT2D eigenvalue weighted by Crippen LogP contribution is -2.66. The van der Waals surface area contributed by atoms with Crippen LogP contribution < -0.4 is 10.1 Å². The Balaban J connectivity index is 1.53. The van der Waals surface area contributed by atoms with E-state index in [2.05, 4.69) is 10.4 Å². The van der Waals surface area contributed by atoms with E-state index in [1.54, 1.807) is 27.8 Å². The number of methoxy groups -OCH3 is 1. The van der Waals surface area contributed by atoms with Gasteiger partial charge in [-0.3, -0.25) is 14.4 Å². The molecular weight excluding hydrogens is 350 g/mol. The Morgan fingerprint density at radius 1 is 1.26 bits per heavy atom. The number of amides is 3. The molecule has 2 aliphatic heterocycles. The monoisotopic (exact) mass is 369 g/mol. The fourth-order valence-corrected chi connectivity index (χ4v) is 3.44. The molecule has 9 heteroatoms. The van der Waals surface area contributed by atoms with Crippen molar-refractivity contribution in [3.63, 3.8) is 0 Å². The van der Waals surface area contributed by atoms with E-state index in [0.717, 1.165) is 5.69 Å². The highest BCUT2D eigenvalue weighted by molar-refractivity contribution is 5.97. The highest BCUT2D eigenvalue weighted by Gasteiger charge is 2.40. The van der Waals surface area contributed by atoms with E-state index in [1.165, 1.54) is 6.20 Å². The molecule has 3 amide bonds. The first kappa shape index (κ1) is 17.1. The zero-order valence-electron chi connectivity index (χ0n) is 14.8. The Kier molecular flexibility index (Phi) is 4.27. The minimum Gasteiger partial charge on any atom is -0.494 e.